The smallest absolute Gasteiger partial charge is 0.326 e. The molecule has 1 heterocycles. The summed E-state index contributed by atoms with van der Waals surface area (Å²) in [7, 11) is 0. The lowest BCUT2D eigenvalue weighted by molar-refractivity contribution is -0.144. The third kappa shape index (κ3) is 3.20. The van der Waals surface area contributed by atoms with Crippen molar-refractivity contribution >= 4 is 18.0 Å². The first-order valence-electron chi connectivity index (χ1n) is 7.00. The average Bonchev–Trinajstić information content (AvgIpc) is 3.11. The van der Waals surface area contributed by atoms with Crippen molar-refractivity contribution in [1.29, 1.82) is 0 Å². The number of hydrogen-bond acceptors (Lipinski definition) is 4. The number of nitrogens with zero attached hydrogens (tertiary/aromatic N) is 2. The van der Waals surface area contributed by atoms with Crippen LogP contribution in [0.1, 0.15) is 32.6 Å². The topological polar surface area (TPSA) is 87.2 Å². The van der Waals surface area contributed by atoms with Gasteiger partial charge < -0.3 is 19.6 Å². The molecule has 7 heteroatoms. The maximum absolute atomic E-state index is 12.5. The van der Waals surface area contributed by atoms with E-state index in [0.717, 1.165) is 12.8 Å². The summed E-state index contributed by atoms with van der Waals surface area (Å²) in [4.78, 5) is 38.0. The molecular formula is C13H20N2O5. The van der Waals surface area contributed by atoms with Gasteiger partial charge in [0.2, 0.25) is 0 Å². The van der Waals surface area contributed by atoms with E-state index in [9.17, 15) is 14.4 Å². The fraction of sp³-hybridized carbons (Fsp3) is 0.769. The van der Waals surface area contributed by atoms with Gasteiger partial charge in [-0.05, 0) is 32.6 Å². The number of esters is 1. The normalized spacial score (nSPS) is 21.6. The highest BCUT2D eigenvalue weighted by Gasteiger charge is 2.41. The van der Waals surface area contributed by atoms with Crippen LogP contribution in [-0.2, 0) is 14.3 Å². The molecule has 0 unspecified atom stereocenters. The predicted octanol–water partition coefficient (Wildman–Crippen LogP) is 0.683. The standard InChI is InChI=1S/C13H20N2O5/c1-2-20-11(16)8-15(9-5-6-9)13(19)14-7-3-4-10(14)12(17)18/h9-10H,2-8H2,1H3,(H,17,18)/t10-/m0/s1. The van der Waals surface area contributed by atoms with Crippen LogP contribution in [0.2, 0.25) is 0 Å². The summed E-state index contributed by atoms with van der Waals surface area (Å²) in [6.07, 6.45) is 2.87. The van der Waals surface area contributed by atoms with Crippen LogP contribution in [0, 0.1) is 0 Å². The molecule has 0 radical (unpaired) electrons. The Balaban J connectivity index is 2.03. The highest BCUT2D eigenvalue weighted by atomic mass is 16.5. The van der Waals surface area contributed by atoms with Crippen molar-refractivity contribution in [1.82, 2.24) is 9.80 Å². The number of urea groups is 1. The molecule has 112 valence electrons. The Morgan fingerprint density at radius 2 is 2.00 bits per heavy atom. The summed E-state index contributed by atoms with van der Waals surface area (Å²) >= 11 is 0. The quantitative estimate of drug-likeness (QED) is 0.750. The zero-order valence-electron chi connectivity index (χ0n) is 11.6. The lowest BCUT2D eigenvalue weighted by Gasteiger charge is -2.29. The predicted molar refractivity (Wildman–Crippen MR) is 69.1 cm³/mol. The minimum atomic E-state index is -0.984. The molecule has 0 aromatic carbocycles. The van der Waals surface area contributed by atoms with Crippen LogP contribution >= 0.6 is 0 Å². The molecule has 0 aromatic rings. The molecule has 0 aromatic heterocycles. The van der Waals surface area contributed by atoms with E-state index in [4.69, 9.17) is 9.84 Å². The van der Waals surface area contributed by atoms with Gasteiger partial charge in [0.05, 0.1) is 6.61 Å². The number of carboxylic acid groups (broad SMARTS) is 1. The third-order valence-electron chi connectivity index (χ3n) is 3.62. The molecule has 0 bridgehead atoms. The Kier molecular flexibility index (Phi) is 4.46. The third-order valence-corrected chi connectivity index (χ3v) is 3.62. The maximum Gasteiger partial charge on any atom is 0.326 e. The van der Waals surface area contributed by atoms with Crippen LogP contribution in [0.4, 0.5) is 4.79 Å². The van der Waals surface area contributed by atoms with E-state index in [-0.39, 0.29) is 25.2 Å². The van der Waals surface area contributed by atoms with E-state index in [1.165, 1.54) is 9.80 Å². The molecule has 1 saturated carbocycles. The summed E-state index contributed by atoms with van der Waals surface area (Å²) in [5.74, 6) is -1.43. The monoisotopic (exact) mass is 284 g/mol. The number of rotatable bonds is 5. The Labute approximate surface area is 117 Å². The molecule has 1 saturated heterocycles. The second-order valence-electron chi connectivity index (χ2n) is 5.14. The molecular weight excluding hydrogens is 264 g/mol. The van der Waals surface area contributed by atoms with Gasteiger partial charge in [-0.25, -0.2) is 9.59 Å². The summed E-state index contributed by atoms with van der Waals surface area (Å²) in [5.41, 5.74) is 0. The van der Waals surface area contributed by atoms with E-state index in [1.54, 1.807) is 6.92 Å². The Morgan fingerprint density at radius 3 is 2.55 bits per heavy atom. The van der Waals surface area contributed by atoms with Crippen molar-refractivity contribution in [2.45, 2.75) is 44.7 Å². The first-order chi connectivity index (χ1) is 9.54. The van der Waals surface area contributed by atoms with Crippen LogP contribution in [0.15, 0.2) is 0 Å². The molecule has 0 spiro atoms. The largest absolute Gasteiger partial charge is 0.480 e. The lowest BCUT2D eigenvalue weighted by Crippen LogP contribution is -2.50. The highest BCUT2D eigenvalue weighted by molar-refractivity contribution is 5.86. The summed E-state index contributed by atoms with van der Waals surface area (Å²) in [6, 6.07) is -1.08. The molecule has 1 N–H and O–H groups in total. The van der Waals surface area contributed by atoms with Gasteiger partial charge in [0.1, 0.15) is 12.6 Å². The molecule has 1 aliphatic carbocycles. The van der Waals surface area contributed by atoms with Crippen molar-refractivity contribution in [2.24, 2.45) is 0 Å². The Morgan fingerprint density at radius 1 is 1.30 bits per heavy atom. The van der Waals surface area contributed by atoms with E-state index in [2.05, 4.69) is 0 Å². The molecule has 2 aliphatic rings. The minimum absolute atomic E-state index is 0.0435. The molecule has 2 amide bonds. The van der Waals surface area contributed by atoms with Gasteiger partial charge in [0.25, 0.3) is 0 Å². The molecule has 7 nitrogen and oxygen atoms in total. The number of likely N-dealkylation sites (tertiary alicyclic amines) is 1. The first kappa shape index (κ1) is 14.6. The molecule has 1 atom stereocenters. The number of carbonyl (C=O) groups excluding carboxylic acids is 2. The summed E-state index contributed by atoms with van der Waals surface area (Å²) in [5, 5.41) is 9.13. The highest BCUT2D eigenvalue weighted by Crippen LogP contribution is 2.29. The van der Waals surface area contributed by atoms with Crippen molar-refractivity contribution in [3.8, 4) is 0 Å². The van der Waals surface area contributed by atoms with Gasteiger partial charge >= 0.3 is 18.0 Å². The van der Waals surface area contributed by atoms with Crippen molar-refractivity contribution in [3.05, 3.63) is 0 Å². The van der Waals surface area contributed by atoms with E-state index >= 15 is 0 Å². The van der Waals surface area contributed by atoms with Crippen molar-refractivity contribution < 1.29 is 24.2 Å². The second kappa shape index (κ2) is 6.11. The second-order valence-corrected chi connectivity index (χ2v) is 5.14. The molecule has 2 rings (SSSR count). The molecule has 2 fully saturated rings. The van der Waals surface area contributed by atoms with Crippen molar-refractivity contribution in [2.75, 3.05) is 19.7 Å². The number of carbonyl (C=O) groups is 3. The average molecular weight is 284 g/mol. The zero-order chi connectivity index (χ0) is 14.7. The molecule has 20 heavy (non-hydrogen) atoms. The number of ether oxygens (including phenoxy) is 1. The maximum atomic E-state index is 12.5. The van der Waals surface area contributed by atoms with E-state index in [0.29, 0.717) is 19.4 Å². The summed E-state index contributed by atoms with van der Waals surface area (Å²) in [6.45, 7) is 2.32. The van der Waals surface area contributed by atoms with Gasteiger partial charge in [0.15, 0.2) is 0 Å². The van der Waals surface area contributed by atoms with Crippen LogP contribution in [0.5, 0.6) is 0 Å². The van der Waals surface area contributed by atoms with Gasteiger partial charge in [-0.1, -0.05) is 0 Å². The summed E-state index contributed by atoms with van der Waals surface area (Å²) < 4.78 is 4.87. The van der Waals surface area contributed by atoms with Gasteiger partial charge in [-0.15, -0.1) is 0 Å². The molecule has 1 aliphatic heterocycles. The number of aliphatic carboxylic acids is 1. The van der Waals surface area contributed by atoms with E-state index in [1.807, 2.05) is 0 Å². The minimum Gasteiger partial charge on any atom is -0.480 e. The fourth-order valence-corrected chi connectivity index (χ4v) is 2.50. The number of hydrogen-bond donors (Lipinski definition) is 1. The first-order valence-corrected chi connectivity index (χ1v) is 7.00. The number of amides is 2. The van der Waals surface area contributed by atoms with Crippen LogP contribution < -0.4 is 0 Å². The lowest BCUT2D eigenvalue weighted by atomic mass is 10.2. The van der Waals surface area contributed by atoms with Crippen LogP contribution in [0.25, 0.3) is 0 Å². The zero-order valence-corrected chi connectivity index (χ0v) is 11.6. The number of carboxylic acids is 1. The van der Waals surface area contributed by atoms with Crippen LogP contribution in [0.3, 0.4) is 0 Å². The van der Waals surface area contributed by atoms with Crippen LogP contribution in [-0.4, -0.2) is 64.7 Å². The van der Waals surface area contributed by atoms with Gasteiger partial charge in [-0.2, -0.15) is 0 Å². The van der Waals surface area contributed by atoms with Gasteiger partial charge in [-0.3, -0.25) is 4.79 Å². The fourth-order valence-electron chi connectivity index (χ4n) is 2.50. The Hall–Kier alpha value is -1.79. The van der Waals surface area contributed by atoms with Crippen molar-refractivity contribution in [3.63, 3.8) is 0 Å². The van der Waals surface area contributed by atoms with Gasteiger partial charge in [0, 0.05) is 12.6 Å². The SMILES string of the molecule is CCOC(=O)CN(C(=O)N1CCC[C@H]1C(=O)O)C1CC1. The van der Waals surface area contributed by atoms with E-state index < -0.39 is 18.0 Å². The Bertz CT molecular complexity index is 408.